The topological polar surface area (TPSA) is 38.0 Å². The van der Waals surface area contributed by atoms with E-state index in [2.05, 4.69) is 27.8 Å². The van der Waals surface area contributed by atoms with Crippen LogP contribution in [0.3, 0.4) is 0 Å². The van der Waals surface area contributed by atoms with Crippen molar-refractivity contribution in [3.8, 4) is 0 Å². The number of benzene rings is 1. The normalized spacial score (nSPS) is 12.5. The van der Waals surface area contributed by atoms with E-state index >= 15 is 0 Å². The second kappa shape index (κ2) is 6.28. The number of nitrogens with two attached hydrogens (primary N) is 1. The third-order valence-corrected chi connectivity index (χ3v) is 3.00. The molecule has 1 atom stereocenters. The predicted molar refractivity (Wildman–Crippen MR) is 69.1 cm³/mol. The van der Waals surface area contributed by atoms with Crippen LogP contribution in [0.4, 0.5) is 0 Å². The smallest absolute Gasteiger partial charge is 0.0458 e. The Labute approximate surface area is 104 Å². The van der Waals surface area contributed by atoms with E-state index in [1.807, 2.05) is 24.3 Å². The SMILES string of the molecule is C=CCNC(CN)c1ccc(Cl)cc1Br. The van der Waals surface area contributed by atoms with Gasteiger partial charge >= 0.3 is 0 Å². The minimum atomic E-state index is 0.120. The zero-order valence-corrected chi connectivity index (χ0v) is 10.7. The van der Waals surface area contributed by atoms with Crippen LogP contribution >= 0.6 is 27.5 Å². The molecule has 2 nitrogen and oxygen atoms in total. The third-order valence-electron chi connectivity index (χ3n) is 2.08. The first-order valence-electron chi connectivity index (χ1n) is 4.68. The van der Waals surface area contributed by atoms with Gasteiger partial charge in [0, 0.05) is 28.6 Å². The molecule has 15 heavy (non-hydrogen) atoms. The maximum absolute atomic E-state index is 5.87. The van der Waals surface area contributed by atoms with Crippen LogP contribution < -0.4 is 11.1 Å². The second-order valence-corrected chi connectivity index (χ2v) is 4.44. The molecule has 3 N–H and O–H groups in total. The van der Waals surface area contributed by atoms with Gasteiger partial charge < -0.3 is 11.1 Å². The van der Waals surface area contributed by atoms with Gasteiger partial charge in [0.15, 0.2) is 0 Å². The Morgan fingerprint density at radius 3 is 2.87 bits per heavy atom. The van der Waals surface area contributed by atoms with E-state index < -0.39 is 0 Å². The molecule has 1 aromatic rings. The Morgan fingerprint density at radius 1 is 1.60 bits per heavy atom. The fraction of sp³-hybridized carbons (Fsp3) is 0.273. The quantitative estimate of drug-likeness (QED) is 0.818. The standard InChI is InChI=1S/C11H14BrClN2/c1-2-5-15-11(7-14)9-4-3-8(13)6-10(9)12/h2-4,6,11,15H,1,5,7,14H2. The first kappa shape index (κ1) is 12.7. The highest BCUT2D eigenvalue weighted by Gasteiger charge is 2.11. The lowest BCUT2D eigenvalue weighted by Gasteiger charge is -2.17. The lowest BCUT2D eigenvalue weighted by molar-refractivity contribution is 0.575. The van der Waals surface area contributed by atoms with E-state index in [9.17, 15) is 0 Å². The summed E-state index contributed by atoms with van der Waals surface area (Å²) in [5.74, 6) is 0. The highest BCUT2D eigenvalue weighted by Crippen LogP contribution is 2.26. The monoisotopic (exact) mass is 288 g/mol. The summed E-state index contributed by atoms with van der Waals surface area (Å²) in [5, 5.41) is 3.99. The van der Waals surface area contributed by atoms with E-state index in [-0.39, 0.29) is 6.04 Å². The summed E-state index contributed by atoms with van der Waals surface area (Å²) in [6, 6.07) is 5.82. The first-order chi connectivity index (χ1) is 7.19. The van der Waals surface area contributed by atoms with Gasteiger partial charge in [0.25, 0.3) is 0 Å². The molecule has 0 aliphatic heterocycles. The molecule has 0 amide bonds. The highest BCUT2D eigenvalue weighted by atomic mass is 79.9. The molecule has 0 spiro atoms. The molecular formula is C11H14BrClN2. The molecule has 0 aliphatic rings. The van der Waals surface area contributed by atoms with Gasteiger partial charge in [-0.3, -0.25) is 0 Å². The summed E-state index contributed by atoms with van der Waals surface area (Å²) in [4.78, 5) is 0. The first-order valence-corrected chi connectivity index (χ1v) is 5.85. The van der Waals surface area contributed by atoms with Crippen molar-refractivity contribution in [2.75, 3.05) is 13.1 Å². The molecule has 1 unspecified atom stereocenters. The van der Waals surface area contributed by atoms with E-state index in [1.165, 1.54) is 0 Å². The van der Waals surface area contributed by atoms with Gasteiger partial charge in [-0.05, 0) is 17.7 Å². The van der Waals surface area contributed by atoms with Gasteiger partial charge in [0.05, 0.1) is 0 Å². The largest absolute Gasteiger partial charge is 0.329 e. The summed E-state index contributed by atoms with van der Waals surface area (Å²) < 4.78 is 0.974. The Bertz CT molecular complexity index is 341. The van der Waals surface area contributed by atoms with Gasteiger partial charge in [-0.15, -0.1) is 6.58 Å². The summed E-state index contributed by atoms with van der Waals surface area (Å²) in [6.45, 7) is 4.93. The predicted octanol–water partition coefficient (Wildman–Crippen LogP) is 2.88. The lowest BCUT2D eigenvalue weighted by atomic mass is 10.1. The Balaban J connectivity index is 2.86. The average Bonchev–Trinajstić information content (AvgIpc) is 2.21. The maximum Gasteiger partial charge on any atom is 0.0458 e. The van der Waals surface area contributed by atoms with Crippen molar-refractivity contribution in [2.45, 2.75) is 6.04 Å². The molecule has 0 bridgehead atoms. The molecule has 1 rings (SSSR count). The molecule has 1 aromatic carbocycles. The van der Waals surface area contributed by atoms with Crippen molar-refractivity contribution < 1.29 is 0 Å². The van der Waals surface area contributed by atoms with Gasteiger partial charge in [-0.1, -0.05) is 39.7 Å². The molecule has 4 heteroatoms. The van der Waals surface area contributed by atoms with Gasteiger partial charge in [-0.25, -0.2) is 0 Å². The van der Waals surface area contributed by atoms with Crippen molar-refractivity contribution in [3.05, 3.63) is 45.9 Å². The number of hydrogen-bond acceptors (Lipinski definition) is 2. The number of nitrogens with one attached hydrogen (secondary N) is 1. The molecule has 82 valence electrons. The van der Waals surface area contributed by atoms with Gasteiger partial charge in [0.2, 0.25) is 0 Å². The zero-order chi connectivity index (χ0) is 11.3. The van der Waals surface area contributed by atoms with Crippen molar-refractivity contribution in [2.24, 2.45) is 5.73 Å². The molecule has 0 aliphatic carbocycles. The Hall–Kier alpha value is -0.350. The van der Waals surface area contributed by atoms with Crippen LogP contribution in [0.1, 0.15) is 11.6 Å². The van der Waals surface area contributed by atoms with E-state index in [1.54, 1.807) is 0 Å². The number of halogens is 2. The van der Waals surface area contributed by atoms with Crippen LogP contribution in [0.25, 0.3) is 0 Å². The van der Waals surface area contributed by atoms with Crippen LogP contribution in [-0.4, -0.2) is 13.1 Å². The average molecular weight is 290 g/mol. The van der Waals surface area contributed by atoms with Crippen molar-refractivity contribution in [3.63, 3.8) is 0 Å². The molecule has 0 saturated heterocycles. The van der Waals surface area contributed by atoms with Crippen molar-refractivity contribution >= 4 is 27.5 Å². The Kier molecular flexibility index (Phi) is 5.32. The highest BCUT2D eigenvalue weighted by molar-refractivity contribution is 9.10. The van der Waals surface area contributed by atoms with E-state index in [0.29, 0.717) is 11.6 Å². The minimum Gasteiger partial charge on any atom is -0.329 e. The zero-order valence-electron chi connectivity index (χ0n) is 8.34. The fourth-order valence-electron chi connectivity index (χ4n) is 1.33. The summed E-state index contributed by atoms with van der Waals surface area (Å²) in [7, 11) is 0. The Morgan fingerprint density at radius 2 is 2.33 bits per heavy atom. The summed E-state index contributed by atoms with van der Waals surface area (Å²) >= 11 is 9.35. The van der Waals surface area contributed by atoms with Crippen LogP contribution in [0.15, 0.2) is 35.3 Å². The van der Waals surface area contributed by atoms with Crippen LogP contribution in [0.2, 0.25) is 5.02 Å². The lowest BCUT2D eigenvalue weighted by Crippen LogP contribution is -2.28. The molecule has 0 heterocycles. The van der Waals surface area contributed by atoms with Gasteiger partial charge in [-0.2, -0.15) is 0 Å². The van der Waals surface area contributed by atoms with Crippen molar-refractivity contribution in [1.82, 2.24) is 5.32 Å². The third kappa shape index (κ3) is 3.61. The molecule has 0 saturated carbocycles. The van der Waals surface area contributed by atoms with Crippen molar-refractivity contribution in [1.29, 1.82) is 0 Å². The second-order valence-electron chi connectivity index (χ2n) is 3.15. The number of rotatable bonds is 5. The van der Waals surface area contributed by atoms with Crippen LogP contribution in [-0.2, 0) is 0 Å². The minimum absolute atomic E-state index is 0.120. The fourth-order valence-corrected chi connectivity index (χ4v) is 2.29. The van der Waals surface area contributed by atoms with Crippen LogP contribution in [0.5, 0.6) is 0 Å². The van der Waals surface area contributed by atoms with Gasteiger partial charge in [0.1, 0.15) is 0 Å². The van der Waals surface area contributed by atoms with E-state index in [0.717, 1.165) is 16.6 Å². The summed E-state index contributed by atoms with van der Waals surface area (Å²) in [5.41, 5.74) is 6.82. The molecule has 0 aromatic heterocycles. The molecule has 0 fully saturated rings. The van der Waals surface area contributed by atoms with E-state index in [4.69, 9.17) is 17.3 Å². The molecule has 0 radical (unpaired) electrons. The maximum atomic E-state index is 5.87. The number of hydrogen-bond donors (Lipinski definition) is 2. The summed E-state index contributed by atoms with van der Waals surface area (Å²) in [6.07, 6.45) is 1.81. The van der Waals surface area contributed by atoms with Crippen LogP contribution in [0, 0.1) is 0 Å². The molecular weight excluding hydrogens is 275 g/mol.